The molecule has 1 aromatic carbocycles. The molecule has 88 valence electrons. The van der Waals surface area contributed by atoms with Crippen molar-refractivity contribution in [2.24, 2.45) is 0 Å². The Labute approximate surface area is 94.0 Å². The molecule has 1 saturated heterocycles. The van der Waals surface area contributed by atoms with Gasteiger partial charge in [-0.05, 0) is 43.6 Å². The summed E-state index contributed by atoms with van der Waals surface area (Å²) in [5.41, 5.74) is 0.705. The van der Waals surface area contributed by atoms with Crippen molar-refractivity contribution in [2.45, 2.75) is 18.9 Å². The van der Waals surface area contributed by atoms with Gasteiger partial charge in [-0.1, -0.05) is 0 Å². The molecule has 1 atom stereocenters. The number of nitrogens with one attached hydrogen (secondary N) is 2. The first kappa shape index (κ1) is 11.5. The highest BCUT2D eigenvalue weighted by atomic mass is 19.1. The first-order valence-corrected chi connectivity index (χ1v) is 5.63. The van der Waals surface area contributed by atoms with Crippen molar-refractivity contribution in [1.82, 2.24) is 10.6 Å². The Morgan fingerprint density at radius 1 is 1.25 bits per heavy atom. The van der Waals surface area contributed by atoms with E-state index < -0.39 is 11.6 Å². The summed E-state index contributed by atoms with van der Waals surface area (Å²) >= 11 is 0. The van der Waals surface area contributed by atoms with Crippen molar-refractivity contribution in [2.75, 3.05) is 19.6 Å². The zero-order chi connectivity index (χ0) is 11.4. The minimum atomic E-state index is -0.502. The standard InChI is InChI=1S/C12H16F2N2/c13-10-5-9(6-11(14)7-10)1-4-16-12-2-3-15-8-12/h5-7,12,15-16H,1-4,8H2. The summed E-state index contributed by atoms with van der Waals surface area (Å²) in [6.07, 6.45) is 1.78. The highest BCUT2D eigenvalue weighted by Gasteiger charge is 2.12. The van der Waals surface area contributed by atoms with Gasteiger partial charge in [-0.25, -0.2) is 8.78 Å². The third-order valence-electron chi connectivity index (χ3n) is 2.83. The molecule has 0 aromatic heterocycles. The van der Waals surface area contributed by atoms with Gasteiger partial charge in [-0.3, -0.25) is 0 Å². The maximum Gasteiger partial charge on any atom is 0.126 e. The summed E-state index contributed by atoms with van der Waals surface area (Å²) in [6.45, 7) is 2.79. The fourth-order valence-corrected chi connectivity index (χ4v) is 2.00. The number of benzene rings is 1. The third-order valence-corrected chi connectivity index (χ3v) is 2.83. The molecule has 4 heteroatoms. The van der Waals surface area contributed by atoms with Crippen LogP contribution in [0.15, 0.2) is 18.2 Å². The quantitative estimate of drug-likeness (QED) is 0.812. The van der Waals surface area contributed by atoms with Gasteiger partial charge in [0.15, 0.2) is 0 Å². The molecule has 0 bridgehead atoms. The minimum absolute atomic E-state index is 0.499. The predicted molar refractivity (Wildman–Crippen MR) is 59.3 cm³/mol. The lowest BCUT2D eigenvalue weighted by Crippen LogP contribution is -2.32. The van der Waals surface area contributed by atoms with Crippen LogP contribution in [-0.2, 0) is 6.42 Å². The molecule has 0 amide bonds. The number of halogens is 2. The topological polar surface area (TPSA) is 24.1 Å². The molecule has 1 fully saturated rings. The highest BCUT2D eigenvalue weighted by molar-refractivity contribution is 5.18. The molecule has 2 rings (SSSR count). The second kappa shape index (κ2) is 5.37. The fraction of sp³-hybridized carbons (Fsp3) is 0.500. The van der Waals surface area contributed by atoms with E-state index in [-0.39, 0.29) is 0 Å². The maximum absolute atomic E-state index is 12.9. The normalized spacial score (nSPS) is 20.2. The Kier molecular flexibility index (Phi) is 3.85. The smallest absolute Gasteiger partial charge is 0.126 e. The van der Waals surface area contributed by atoms with Gasteiger partial charge in [0.25, 0.3) is 0 Å². The van der Waals surface area contributed by atoms with E-state index in [0.717, 1.165) is 32.1 Å². The average molecular weight is 226 g/mol. The van der Waals surface area contributed by atoms with E-state index in [1.54, 1.807) is 0 Å². The summed E-state index contributed by atoms with van der Waals surface area (Å²) in [7, 11) is 0. The number of rotatable bonds is 4. The van der Waals surface area contributed by atoms with Gasteiger partial charge in [0.05, 0.1) is 0 Å². The summed E-state index contributed by atoms with van der Waals surface area (Å²) < 4.78 is 25.8. The van der Waals surface area contributed by atoms with E-state index in [0.29, 0.717) is 18.0 Å². The van der Waals surface area contributed by atoms with Gasteiger partial charge >= 0.3 is 0 Å². The largest absolute Gasteiger partial charge is 0.315 e. The van der Waals surface area contributed by atoms with Crippen molar-refractivity contribution < 1.29 is 8.78 Å². The van der Waals surface area contributed by atoms with E-state index in [9.17, 15) is 8.78 Å². The molecule has 1 unspecified atom stereocenters. The van der Waals surface area contributed by atoms with Gasteiger partial charge in [0, 0.05) is 18.7 Å². The minimum Gasteiger partial charge on any atom is -0.315 e. The van der Waals surface area contributed by atoms with Crippen LogP contribution < -0.4 is 10.6 Å². The predicted octanol–water partition coefficient (Wildman–Crippen LogP) is 1.46. The molecule has 0 spiro atoms. The van der Waals surface area contributed by atoms with Gasteiger partial charge < -0.3 is 10.6 Å². The van der Waals surface area contributed by atoms with Crippen LogP contribution in [0.5, 0.6) is 0 Å². The van der Waals surface area contributed by atoms with Crippen molar-refractivity contribution in [3.8, 4) is 0 Å². The molecule has 1 aromatic rings. The van der Waals surface area contributed by atoms with Crippen LogP contribution in [0.2, 0.25) is 0 Å². The third kappa shape index (κ3) is 3.25. The van der Waals surface area contributed by atoms with E-state index >= 15 is 0 Å². The van der Waals surface area contributed by atoms with Gasteiger partial charge in [0.1, 0.15) is 11.6 Å². The van der Waals surface area contributed by atoms with Crippen LogP contribution in [0, 0.1) is 11.6 Å². The van der Waals surface area contributed by atoms with E-state index in [1.807, 2.05) is 0 Å². The van der Waals surface area contributed by atoms with Crippen LogP contribution in [0.4, 0.5) is 8.78 Å². The Morgan fingerprint density at radius 2 is 2.00 bits per heavy atom. The molecule has 0 saturated carbocycles. The van der Waals surface area contributed by atoms with Crippen molar-refractivity contribution >= 4 is 0 Å². The second-order valence-corrected chi connectivity index (χ2v) is 4.17. The van der Waals surface area contributed by atoms with Crippen molar-refractivity contribution in [3.63, 3.8) is 0 Å². The lowest BCUT2D eigenvalue weighted by Gasteiger charge is -2.10. The molecular formula is C12H16F2N2. The van der Waals surface area contributed by atoms with Gasteiger partial charge in [0.2, 0.25) is 0 Å². The molecule has 1 aliphatic rings. The number of hydrogen-bond acceptors (Lipinski definition) is 2. The molecule has 2 nitrogen and oxygen atoms in total. The van der Waals surface area contributed by atoms with Crippen LogP contribution in [0.3, 0.4) is 0 Å². The Morgan fingerprint density at radius 3 is 2.62 bits per heavy atom. The molecule has 1 heterocycles. The van der Waals surface area contributed by atoms with Crippen molar-refractivity contribution in [3.05, 3.63) is 35.4 Å². The second-order valence-electron chi connectivity index (χ2n) is 4.17. The summed E-state index contributed by atoms with van der Waals surface area (Å²) in [5, 5.41) is 6.62. The summed E-state index contributed by atoms with van der Waals surface area (Å²) in [6, 6.07) is 4.17. The molecule has 2 N–H and O–H groups in total. The highest BCUT2D eigenvalue weighted by Crippen LogP contribution is 2.08. The fourth-order valence-electron chi connectivity index (χ4n) is 2.00. The molecule has 0 radical (unpaired) electrons. The monoisotopic (exact) mass is 226 g/mol. The average Bonchev–Trinajstić information content (AvgIpc) is 2.69. The van der Waals surface area contributed by atoms with Gasteiger partial charge in [-0.2, -0.15) is 0 Å². The van der Waals surface area contributed by atoms with Crippen LogP contribution in [0.25, 0.3) is 0 Å². The molecule has 16 heavy (non-hydrogen) atoms. The summed E-state index contributed by atoms with van der Waals surface area (Å²) in [4.78, 5) is 0. The summed E-state index contributed by atoms with van der Waals surface area (Å²) in [5.74, 6) is -1.00. The first-order valence-electron chi connectivity index (χ1n) is 5.63. The van der Waals surface area contributed by atoms with E-state index in [2.05, 4.69) is 10.6 Å². The zero-order valence-electron chi connectivity index (χ0n) is 9.10. The van der Waals surface area contributed by atoms with E-state index in [4.69, 9.17) is 0 Å². The van der Waals surface area contributed by atoms with Crippen LogP contribution >= 0.6 is 0 Å². The zero-order valence-corrected chi connectivity index (χ0v) is 9.10. The first-order chi connectivity index (χ1) is 7.74. The van der Waals surface area contributed by atoms with Crippen LogP contribution in [0.1, 0.15) is 12.0 Å². The van der Waals surface area contributed by atoms with Gasteiger partial charge in [-0.15, -0.1) is 0 Å². The Balaban J connectivity index is 1.80. The lowest BCUT2D eigenvalue weighted by molar-refractivity contribution is 0.545. The SMILES string of the molecule is Fc1cc(F)cc(CCNC2CCNC2)c1. The Bertz CT molecular complexity index is 329. The molecule has 1 aliphatic heterocycles. The Hall–Kier alpha value is -1.00. The molecular weight excluding hydrogens is 210 g/mol. The van der Waals surface area contributed by atoms with Crippen LogP contribution in [-0.4, -0.2) is 25.7 Å². The molecule has 0 aliphatic carbocycles. The van der Waals surface area contributed by atoms with E-state index in [1.165, 1.54) is 12.1 Å². The lowest BCUT2D eigenvalue weighted by atomic mass is 10.1. The van der Waals surface area contributed by atoms with Crippen molar-refractivity contribution in [1.29, 1.82) is 0 Å². The number of hydrogen-bond donors (Lipinski definition) is 2. The maximum atomic E-state index is 12.9.